The van der Waals surface area contributed by atoms with Crippen LogP contribution in [0.1, 0.15) is 48.3 Å². The number of ether oxygens (including phenoxy) is 3. The van der Waals surface area contributed by atoms with Crippen LogP contribution in [-0.4, -0.2) is 42.1 Å². The van der Waals surface area contributed by atoms with Gasteiger partial charge in [0.2, 0.25) is 5.75 Å². The first-order valence-electron chi connectivity index (χ1n) is 11.4. The molecule has 1 N–H and O–H groups in total. The number of rotatable bonds is 9. The van der Waals surface area contributed by atoms with Crippen LogP contribution in [0.2, 0.25) is 0 Å². The predicted octanol–water partition coefficient (Wildman–Crippen LogP) is 4.31. The number of nitrogens with one attached hydrogen (secondary N) is 1. The molecule has 1 amide bonds. The zero-order valence-corrected chi connectivity index (χ0v) is 21.0. The fourth-order valence-electron chi connectivity index (χ4n) is 3.80. The predicted molar refractivity (Wildman–Crippen MR) is 129 cm³/mol. The van der Waals surface area contributed by atoms with Crippen molar-refractivity contribution in [1.82, 2.24) is 10.3 Å². The largest absolute Gasteiger partial charge is 0.493 e. The minimum Gasteiger partial charge on any atom is -0.493 e. The van der Waals surface area contributed by atoms with Crippen LogP contribution in [0.5, 0.6) is 11.5 Å². The second-order valence-electron chi connectivity index (χ2n) is 8.32. The maximum Gasteiger partial charge on any atom is 0.328 e. The van der Waals surface area contributed by atoms with Crippen molar-refractivity contribution in [2.75, 3.05) is 7.11 Å². The van der Waals surface area contributed by atoms with Crippen molar-refractivity contribution in [3.63, 3.8) is 0 Å². The van der Waals surface area contributed by atoms with Crippen LogP contribution in [0, 0.1) is 17.5 Å². The summed E-state index contributed by atoms with van der Waals surface area (Å²) >= 11 is 0. The Morgan fingerprint density at radius 1 is 0.947 bits per heavy atom. The molecule has 11 heteroatoms. The quantitative estimate of drug-likeness (QED) is 0.411. The lowest BCUT2D eigenvalue weighted by atomic mass is 9.86. The van der Waals surface area contributed by atoms with Gasteiger partial charge in [0.05, 0.1) is 7.11 Å². The highest BCUT2D eigenvalue weighted by Crippen LogP contribution is 2.33. The third kappa shape index (κ3) is 6.67. The molecule has 0 bridgehead atoms. The van der Waals surface area contributed by atoms with Gasteiger partial charge >= 0.3 is 11.9 Å². The fourth-order valence-corrected chi connectivity index (χ4v) is 3.80. The first-order chi connectivity index (χ1) is 18.0. The van der Waals surface area contributed by atoms with Crippen LogP contribution in [0.25, 0.3) is 0 Å². The summed E-state index contributed by atoms with van der Waals surface area (Å²) in [5.41, 5.74) is 0.145. The van der Waals surface area contributed by atoms with Gasteiger partial charge in [-0.1, -0.05) is 18.2 Å². The standard InChI is InChI=1S/C27H25F3N2O6/c1-14(32-26(34)24-25(38-16(3)33)22(36-4)11-12-31-24)27(35)37-15(2)23(17-5-7-18(28)8-6-17)20-10-9-19(29)13-21(20)30/h5-15,23H,1-4H3,(H,32,34)/t14-,15-,23?/m0/s1. The number of halogens is 3. The highest BCUT2D eigenvalue weighted by Gasteiger charge is 2.30. The summed E-state index contributed by atoms with van der Waals surface area (Å²) in [5.74, 6) is -5.69. The molecule has 38 heavy (non-hydrogen) atoms. The topological polar surface area (TPSA) is 104 Å². The van der Waals surface area contributed by atoms with Crippen molar-refractivity contribution in [2.45, 2.75) is 38.8 Å². The number of esters is 2. The zero-order chi connectivity index (χ0) is 28.0. The van der Waals surface area contributed by atoms with Gasteiger partial charge in [-0.05, 0) is 43.2 Å². The van der Waals surface area contributed by atoms with Crippen molar-refractivity contribution < 1.29 is 41.8 Å². The first kappa shape index (κ1) is 28.2. The summed E-state index contributed by atoms with van der Waals surface area (Å²) in [4.78, 5) is 41.1. The summed E-state index contributed by atoms with van der Waals surface area (Å²) in [7, 11) is 1.31. The van der Waals surface area contributed by atoms with Gasteiger partial charge in [-0.2, -0.15) is 0 Å². The van der Waals surface area contributed by atoms with E-state index in [0.29, 0.717) is 11.6 Å². The van der Waals surface area contributed by atoms with E-state index in [9.17, 15) is 27.6 Å². The first-order valence-corrected chi connectivity index (χ1v) is 11.4. The molecule has 1 heterocycles. The zero-order valence-electron chi connectivity index (χ0n) is 21.0. The number of carbonyl (C=O) groups is 3. The molecule has 2 aromatic carbocycles. The molecule has 0 saturated carbocycles. The molecule has 0 aliphatic carbocycles. The summed E-state index contributed by atoms with van der Waals surface area (Å²) in [6, 6.07) is 8.31. The van der Waals surface area contributed by atoms with Gasteiger partial charge in [-0.3, -0.25) is 9.59 Å². The van der Waals surface area contributed by atoms with Crippen molar-refractivity contribution in [1.29, 1.82) is 0 Å². The van der Waals surface area contributed by atoms with Crippen molar-refractivity contribution in [3.05, 3.63) is 89.0 Å². The molecular formula is C27H25F3N2O6. The van der Waals surface area contributed by atoms with E-state index in [2.05, 4.69) is 10.3 Å². The third-order valence-electron chi connectivity index (χ3n) is 5.55. The number of methoxy groups -OCH3 is 1. The Kier molecular flexibility index (Phi) is 9.06. The highest BCUT2D eigenvalue weighted by molar-refractivity contribution is 5.98. The minimum absolute atomic E-state index is 0.0293. The Morgan fingerprint density at radius 2 is 1.61 bits per heavy atom. The second-order valence-corrected chi connectivity index (χ2v) is 8.32. The van der Waals surface area contributed by atoms with E-state index in [1.165, 1.54) is 63.6 Å². The molecule has 8 nitrogen and oxygen atoms in total. The highest BCUT2D eigenvalue weighted by atomic mass is 19.1. The number of pyridine rings is 1. The Morgan fingerprint density at radius 3 is 2.21 bits per heavy atom. The maximum atomic E-state index is 14.7. The lowest BCUT2D eigenvalue weighted by molar-refractivity contribution is -0.150. The number of hydrogen-bond donors (Lipinski definition) is 1. The molecule has 0 aliphatic rings. The lowest BCUT2D eigenvalue weighted by Crippen LogP contribution is -2.41. The Bertz CT molecular complexity index is 1330. The Hall–Kier alpha value is -4.41. The molecule has 0 spiro atoms. The van der Waals surface area contributed by atoms with Crippen molar-refractivity contribution in [3.8, 4) is 11.5 Å². The Balaban J connectivity index is 1.82. The smallest absolute Gasteiger partial charge is 0.328 e. The van der Waals surface area contributed by atoms with Gasteiger partial charge in [0, 0.05) is 31.2 Å². The van der Waals surface area contributed by atoms with Gasteiger partial charge in [0.25, 0.3) is 5.91 Å². The summed E-state index contributed by atoms with van der Waals surface area (Å²) in [6.07, 6.45) is 0.245. The number of amides is 1. The molecule has 0 saturated heterocycles. The number of hydrogen-bond acceptors (Lipinski definition) is 7. The molecule has 1 aromatic heterocycles. The second kappa shape index (κ2) is 12.2. The van der Waals surface area contributed by atoms with Gasteiger partial charge in [0.15, 0.2) is 11.4 Å². The number of nitrogens with zero attached hydrogens (tertiary/aromatic N) is 1. The van der Waals surface area contributed by atoms with Crippen LogP contribution >= 0.6 is 0 Å². The molecule has 0 fully saturated rings. The lowest BCUT2D eigenvalue weighted by Gasteiger charge is -2.27. The third-order valence-corrected chi connectivity index (χ3v) is 5.55. The molecule has 0 aliphatic heterocycles. The number of aromatic nitrogens is 1. The van der Waals surface area contributed by atoms with Gasteiger partial charge in [0.1, 0.15) is 29.6 Å². The van der Waals surface area contributed by atoms with Crippen LogP contribution < -0.4 is 14.8 Å². The van der Waals surface area contributed by atoms with Crippen molar-refractivity contribution >= 4 is 17.8 Å². The average molecular weight is 530 g/mol. The summed E-state index contributed by atoms with van der Waals surface area (Å²) < 4.78 is 57.5. The molecule has 0 radical (unpaired) electrons. The normalized spacial score (nSPS) is 13.1. The average Bonchev–Trinajstić information content (AvgIpc) is 2.86. The van der Waals surface area contributed by atoms with E-state index in [4.69, 9.17) is 14.2 Å². The monoisotopic (exact) mass is 530 g/mol. The minimum atomic E-state index is -1.21. The van der Waals surface area contributed by atoms with E-state index in [1.54, 1.807) is 0 Å². The van der Waals surface area contributed by atoms with Crippen LogP contribution in [0.15, 0.2) is 54.7 Å². The van der Waals surface area contributed by atoms with E-state index >= 15 is 0 Å². The van der Waals surface area contributed by atoms with Gasteiger partial charge in [-0.15, -0.1) is 0 Å². The van der Waals surface area contributed by atoms with E-state index in [-0.39, 0.29) is 22.8 Å². The molecule has 3 aromatic rings. The van der Waals surface area contributed by atoms with Gasteiger partial charge in [-0.25, -0.2) is 22.9 Å². The summed E-state index contributed by atoms with van der Waals surface area (Å²) in [5, 5.41) is 2.41. The number of carbonyl (C=O) groups excluding carboxylic acids is 3. The van der Waals surface area contributed by atoms with Crippen LogP contribution in [0.4, 0.5) is 13.2 Å². The molecule has 3 rings (SSSR count). The molecule has 3 atom stereocenters. The van der Waals surface area contributed by atoms with Crippen molar-refractivity contribution in [2.24, 2.45) is 0 Å². The van der Waals surface area contributed by atoms with E-state index in [1.807, 2.05) is 0 Å². The molecule has 200 valence electrons. The molecular weight excluding hydrogens is 505 g/mol. The maximum absolute atomic E-state index is 14.7. The Labute approximate surface area is 216 Å². The molecule has 1 unspecified atom stereocenters. The SMILES string of the molecule is COc1ccnc(C(=O)N[C@@H](C)C(=O)O[C@@H](C)C(c2ccc(F)cc2)c2ccc(F)cc2F)c1OC(C)=O. The number of benzene rings is 2. The van der Waals surface area contributed by atoms with Crippen LogP contribution in [0.3, 0.4) is 0 Å². The summed E-state index contributed by atoms with van der Waals surface area (Å²) in [6.45, 7) is 3.98. The van der Waals surface area contributed by atoms with E-state index in [0.717, 1.165) is 13.0 Å². The van der Waals surface area contributed by atoms with E-state index < -0.39 is 53.4 Å². The van der Waals surface area contributed by atoms with Crippen LogP contribution in [-0.2, 0) is 14.3 Å². The van der Waals surface area contributed by atoms with Gasteiger partial charge < -0.3 is 19.5 Å². The fraction of sp³-hybridized carbons (Fsp3) is 0.259.